The first-order valence-electron chi connectivity index (χ1n) is 11.9. The van der Waals surface area contributed by atoms with E-state index in [0.717, 1.165) is 25.9 Å². The molecule has 0 spiro atoms. The van der Waals surface area contributed by atoms with Gasteiger partial charge in [0.1, 0.15) is 11.4 Å². The summed E-state index contributed by atoms with van der Waals surface area (Å²) in [6.07, 6.45) is 8.63. The Labute approximate surface area is 256 Å². The zero-order valence-electron chi connectivity index (χ0n) is 21.4. The molecule has 0 unspecified atom stereocenters. The van der Waals surface area contributed by atoms with Crippen molar-refractivity contribution in [1.29, 1.82) is 0 Å². The predicted octanol–water partition coefficient (Wildman–Crippen LogP) is 6.22. The van der Waals surface area contributed by atoms with Crippen LogP contribution < -0.4 is 9.47 Å². The van der Waals surface area contributed by atoms with E-state index in [1.54, 1.807) is 18.2 Å². The summed E-state index contributed by atoms with van der Waals surface area (Å²) in [5.74, 6) is 1.62. The van der Waals surface area contributed by atoms with Gasteiger partial charge in [0, 0.05) is 27.1 Å². The molecule has 1 aliphatic rings. The SMILES string of the molecule is CCC(=Cc1sc2ccc(Cl)cc2[n+]1CS(=O)(=O)O)C=C1Sc2ccc(Cl)cc2N1CN=C=C/C=C\CS(=O)(=O)O. The third-order valence-corrected chi connectivity index (χ3v) is 9.51. The van der Waals surface area contributed by atoms with Gasteiger partial charge in [-0.1, -0.05) is 65.4 Å². The third kappa shape index (κ3) is 8.77. The number of anilines is 1. The number of rotatable bonds is 10. The van der Waals surface area contributed by atoms with E-state index in [-0.39, 0.29) is 6.67 Å². The highest BCUT2D eigenvalue weighted by Gasteiger charge is 2.27. The van der Waals surface area contributed by atoms with Crippen molar-refractivity contribution in [2.75, 3.05) is 17.3 Å². The van der Waals surface area contributed by atoms with Gasteiger partial charge in [0.25, 0.3) is 21.0 Å². The first-order chi connectivity index (χ1) is 19.3. The molecule has 0 amide bonds. The lowest BCUT2D eigenvalue weighted by Crippen LogP contribution is -2.39. The molecule has 2 heterocycles. The van der Waals surface area contributed by atoms with Gasteiger partial charge in [-0.15, -0.1) is 0 Å². The number of fused-ring (bicyclic) bond motifs is 2. The Hall–Kier alpha value is -2.45. The Bertz CT molecular complexity index is 1860. The zero-order valence-corrected chi connectivity index (χ0v) is 26.2. The van der Waals surface area contributed by atoms with Crippen LogP contribution in [-0.2, 0) is 26.1 Å². The quantitative estimate of drug-likeness (QED) is 0.113. The van der Waals surface area contributed by atoms with Gasteiger partial charge in [0.05, 0.1) is 16.5 Å². The summed E-state index contributed by atoms with van der Waals surface area (Å²) in [5.41, 5.74) is 2.35. The van der Waals surface area contributed by atoms with Crippen LogP contribution in [0.1, 0.15) is 18.4 Å². The van der Waals surface area contributed by atoms with Crippen molar-refractivity contribution in [1.82, 2.24) is 0 Å². The van der Waals surface area contributed by atoms with E-state index in [4.69, 9.17) is 27.8 Å². The molecule has 0 saturated heterocycles. The van der Waals surface area contributed by atoms with E-state index in [0.29, 0.717) is 27.0 Å². The Morgan fingerprint density at radius 2 is 1.83 bits per heavy atom. The van der Waals surface area contributed by atoms with Crippen molar-refractivity contribution in [3.63, 3.8) is 0 Å². The van der Waals surface area contributed by atoms with Gasteiger partial charge in [-0.3, -0.25) is 9.11 Å². The molecule has 0 fully saturated rings. The molecule has 9 nitrogen and oxygen atoms in total. The number of thioether (sulfide) groups is 1. The minimum absolute atomic E-state index is 0.190. The molecule has 15 heteroatoms. The van der Waals surface area contributed by atoms with Gasteiger partial charge in [0.2, 0.25) is 5.52 Å². The number of thiazole rings is 1. The van der Waals surface area contributed by atoms with E-state index in [1.807, 2.05) is 42.2 Å². The van der Waals surface area contributed by atoms with Gasteiger partial charge in [-0.05, 0) is 60.3 Å². The summed E-state index contributed by atoms with van der Waals surface area (Å²) in [6, 6.07) is 10.7. The highest BCUT2D eigenvalue weighted by atomic mass is 35.5. The smallest absolute Gasteiger partial charge is 0.314 e. The number of benzene rings is 2. The molecule has 2 N–H and O–H groups in total. The minimum Gasteiger partial charge on any atom is -0.314 e. The van der Waals surface area contributed by atoms with Gasteiger partial charge < -0.3 is 4.90 Å². The summed E-state index contributed by atoms with van der Waals surface area (Å²) in [4.78, 5) is 7.23. The van der Waals surface area contributed by atoms with Crippen LogP contribution in [0.2, 0.25) is 10.0 Å². The van der Waals surface area contributed by atoms with Crippen molar-refractivity contribution in [3.05, 3.63) is 86.4 Å². The Morgan fingerprint density at radius 3 is 2.54 bits per heavy atom. The van der Waals surface area contributed by atoms with Crippen LogP contribution in [0.5, 0.6) is 0 Å². The van der Waals surface area contributed by atoms with Crippen LogP contribution in [0.4, 0.5) is 5.69 Å². The number of halogens is 2. The highest BCUT2D eigenvalue weighted by molar-refractivity contribution is 8.03. The van der Waals surface area contributed by atoms with Gasteiger partial charge in [-0.25, -0.2) is 4.99 Å². The van der Waals surface area contributed by atoms with Crippen LogP contribution in [0.25, 0.3) is 16.3 Å². The average Bonchev–Trinajstić information content (AvgIpc) is 3.38. The van der Waals surface area contributed by atoms with Gasteiger partial charge >= 0.3 is 10.1 Å². The first-order valence-corrected chi connectivity index (χ1v) is 17.5. The molecule has 3 aromatic rings. The van der Waals surface area contributed by atoms with E-state index in [9.17, 15) is 21.4 Å². The average molecular weight is 674 g/mol. The fraction of sp³-hybridized carbons (Fsp3) is 0.192. The maximum absolute atomic E-state index is 11.8. The number of hydrogen-bond donors (Lipinski definition) is 2. The summed E-state index contributed by atoms with van der Waals surface area (Å²) in [6.45, 7) is 2.17. The summed E-state index contributed by atoms with van der Waals surface area (Å²) in [7, 11) is -8.41. The zero-order chi connectivity index (χ0) is 29.8. The van der Waals surface area contributed by atoms with E-state index in [2.05, 4.69) is 10.9 Å². The Morgan fingerprint density at radius 1 is 1.10 bits per heavy atom. The molecule has 4 rings (SSSR count). The summed E-state index contributed by atoms with van der Waals surface area (Å²) < 4.78 is 66.0. The number of nitrogens with zero attached hydrogens (tertiary/aromatic N) is 3. The second-order valence-corrected chi connectivity index (χ2v) is 14.6. The summed E-state index contributed by atoms with van der Waals surface area (Å²) in [5, 5.41) is 2.49. The second kappa shape index (κ2) is 13.2. The van der Waals surface area contributed by atoms with Crippen LogP contribution in [0.3, 0.4) is 0 Å². The van der Waals surface area contributed by atoms with E-state index in [1.165, 1.54) is 45.9 Å². The van der Waals surface area contributed by atoms with Crippen LogP contribution >= 0.6 is 46.3 Å². The molecule has 0 aliphatic carbocycles. The molecule has 0 saturated carbocycles. The lowest BCUT2D eigenvalue weighted by atomic mass is 10.2. The molecule has 1 aliphatic heterocycles. The van der Waals surface area contributed by atoms with Crippen molar-refractivity contribution in [2.45, 2.75) is 24.1 Å². The maximum atomic E-state index is 11.8. The van der Waals surface area contributed by atoms with Gasteiger partial charge in [-0.2, -0.15) is 21.4 Å². The molecule has 0 radical (unpaired) electrons. The fourth-order valence-electron chi connectivity index (χ4n) is 3.82. The van der Waals surface area contributed by atoms with Crippen molar-refractivity contribution in [3.8, 4) is 0 Å². The maximum Gasteiger partial charge on any atom is 0.326 e. The lowest BCUT2D eigenvalue weighted by Gasteiger charge is -2.17. The topological polar surface area (TPSA) is 128 Å². The van der Waals surface area contributed by atoms with Crippen molar-refractivity contribution in [2.24, 2.45) is 4.99 Å². The fourth-order valence-corrected chi connectivity index (χ4v) is 7.42. The Balaban J connectivity index is 1.70. The molecule has 2 aromatic carbocycles. The lowest BCUT2D eigenvalue weighted by molar-refractivity contribution is -0.649. The monoisotopic (exact) mass is 672 g/mol. The second-order valence-electron chi connectivity index (χ2n) is 8.66. The molecule has 0 bridgehead atoms. The molecular formula is C26H24Cl2N3O6S4+. The Kier molecular flexibility index (Phi) is 10.2. The van der Waals surface area contributed by atoms with Crippen LogP contribution in [0, 0.1) is 0 Å². The standard InChI is InChI=1S/C26H23Cl2N3O6S4/c1-2-18(13-26-31(17-41(35,36)37)22-15-20(28)7-9-24(22)39-26)12-25-30(21-14-19(27)6-8-23(21)38-25)16-29-10-4-3-5-11-40(32,33)34/h3-9,12-15H,2,11,16-17H2,1H3,(H-,32,33,34,35,36,37)/p+1/b5-3-. The minimum atomic E-state index is -4.33. The number of hydrogen-bond acceptors (Lipinski definition) is 8. The predicted molar refractivity (Wildman–Crippen MR) is 167 cm³/mol. The normalized spacial score (nSPS) is 15.1. The van der Waals surface area contributed by atoms with Crippen molar-refractivity contribution >= 4 is 94.4 Å². The molecule has 0 atom stereocenters. The van der Waals surface area contributed by atoms with Gasteiger partial charge in [0.15, 0.2) is 0 Å². The number of aromatic nitrogens is 1. The summed E-state index contributed by atoms with van der Waals surface area (Å²) >= 11 is 15.4. The largest absolute Gasteiger partial charge is 0.326 e. The van der Waals surface area contributed by atoms with Crippen molar-refractivity contribution < 1.29 is 30.5 Å². The molecular weight excluding hydrogens is 649 g/mol. The number of aliphatic imine (C=N–C) groups is 1. The first kappa shape index (κ1) is 31.5. The molecule has 1 aromatic heterocycles. The number of allylic oxidation sites excluding steroid dienone is 4. The highest BCUT2D eigenvalue weighted by Crippen LogP contribution is 2.47. The molecule has 41 heavy (non-hydrogen) atoms. The third-order valence-electron chi connectivity index (χ3n) is 5.62. The van der Waals surface area contributed by atoms with Crippen LogP contribution in [-0.4, -0.2) is 44.2 Å². The van der Waals surface area contributed by atoms with Crippen LogP contribution in [0.15, 0.2) is 81.2 Å². The van der Waals surface area contributed by atoms with E-state index < -0.39 is 31.9 Å². The van der Waals surface area contributed by atoms with E-state index >= 15 is 0 Å². The molecule has 216 valence electrons.